The number of halogens is 2. The number of aliphatic hydroxyl groups excluding tert-OH is 1. The molecule has 0 radical (unpaired) electrons. The van der Waals surface area contributed by atoms with Gasteiger partial charge in [-0.3, -0.25) is 14.6 Å². The monoisotopic (exact) mass is 454 g/mol. The maximum atomic E-state index is 13.0. The van der Waals surface area contributed by atoms with Crippen LogP contribution in [0.25, 0.3) is 6.08 Å². The van der Waals surface area contributed by atoms with Crippen LogP contribution in [0.1, 0.15) is 22.9 Å². The van der Waals surface area contributed by atoms with E-state index in [-0.39, 0.29) is 17.1 Å². The Kier molecular flexibility index (Phi) is 5.93. The number of hydrogen-bond donors (Lipinski definition) is 1. The van der Waals surface area contributed by atoms with Gasteiger partial charge in [-0.25, -0.2) is 0 Å². The molecule has 0 saturated heterocycles. The van der Waals surface area contributed by atoms with Gasteiger partial charge in [-0.1, -0.05) is 35.3 Å². The van der Waals surface area contributed by atoms with E-state index < -0.39 is 23.5 Å². The van der Waals surface area contributed by atoms with Crippen LogP contribution in [-0.4, -0.2) is 26.7 Å². The first-order chi connectivity index (χ1) is 15.0. The number of ketones is 1. The van der Waals surface area contributed by atoms with Gasteiger partial charge in [-0.15, -0.1) is 0 Å². The van der Waals surface area contributed by atoms with Crippen LogP contribution in [0.3, 0.4) is 0 Å². The van der Waals surface area contributed by atoms with Crippen molar-refractivity contribution >= 4 is 41.0 Å². The van der Waals surface area contributed by atoms with E-state index in [1.165, 1.54) is 23.3 Å². The van der Waals surface area contributed by atoms with Crippen molar-refractivity contribution in [3.8, 4) is 0 Å². The Hall–Kier alpha value is -3.35. The lowest BCUT2D eigenvalue weighted by molar-refractivity contribution is -0.130. The minimum absolute atomic E-state index is 0.0462. The molecule has 0 saturated carbocycles. The molecule has 31 heavy (non-hydrogen) atoms. The van der Waals surface area contributed by atoms with Crippen molar-refractivity contribution in [1.29, 1.82) is 0 Å². The first kappa shape index (κ1) is 20.9. The van der Waals surface area contributed by atoms with Gasteiger partial charge in [0.25, 0.3) is 5.91 Å². The number of pyridine rings is 1. The summed E-state index contributed by atoms with van der Waals surface area (Å²) in [6.07, 6.45) is 7.45. The number of nitrogens with zero attached hydrogens (tertiary/aromatic N) is 2. The van der Waals surface area contributed by atoms with E-state index in [0.717, 1.165) is 5.56 Å². The van der Waals surface area contributed by atoms with Gasteiger partial charge >= 0.3 is 0 Å². The minimum atomic E-state index is -0.851. The van der Waals surface area contributed by atoms with Gasteiger partial charge in [0, 0.05) is 18.9 Å². The number of allylic oxidation sites excluding steroid dienone is 1. The summed E-state index contributed by atoms with van der Waals surface area (Å²) < 4.78 is 5.20. The number of rotatable bonds is 6. The number of carbonyl (C=O) groups excluding carboxylic acids is 2. The van der Waals surface area contributed by atoms with Crippen molar-refractivity contribution in [1.82, 2.24) is 9.88 Å². The summed E-state index contributed by atoms with van der Waals surface area (Å²) in [4.78, 5) is 31.4. The lowest BCUT2D eigenvalue weighted by Gasteiger charge is -2.27. The molecule has 1 atom stereocenters. The van der Waals surface area contributed by atoms with Gasteiger partial charge < -0.3 is 14.4 Å². The second-order valence-corrected chi connectivity index (χ2v) is 7.66. The fraction of sp³-hybridized carbons (Fsp3) is 0.0870. The molecule has 1 aliphatic heterocycles. The number of furan rings is 1. The number of amides is 1. The molecule has 1 aromatic carbocycles. The average Bonchev–Trinajstić information content (AvgIpc) is 3.37. The van der Waals surface area contributed by atoms with Gasteiger partial charge in [0.05, 0.1) is 27.9 Å². The molecule has 0 aliphatic carbocycles. The Balaban J connectivity index is 1.75. The second-order valence-electron chi connectivity index (χ2n) is 6.85. The summed E-state index contributed by atoms with van der Waals surface area (Å²) in [6.45, 7) is 0.139. The summed E-state index contributed by atoms with van der Waals surface area (Å²) >= 11 is 12.2. The Bertz CT molecular complexity index is 1190. The van der Waals surface area contributed by atoms with Gasteiger partial charge in [0.1, 0.15) is 5.76 Å². The van der Waals surface area contributed by atoms with E-state index in [9.17, 15) is 14.7 Å². The van der Waals surface area contributed by atoms with Gasteiger partial charge in [0.2, 0.25) is 0 Å². The number of benzene rings is 1. The molecule has 0 fully saturated rings. The van der Waals surface area contributed by atoms with Gasteiger partial charge in [-0.05, 0) is 53.6 Å². The molecule has 0 bridgehead atoms. The largest absolute Gasteiger partial charge is 0.503 e. The molecule has 3 heterocycles. The predicted octanol–water partition coefficient (Wildman–Crippen LogP) is 5.16. The summed E-state index contributed by atoms with van der Waals surface area (Å²) in [6, 6.07) is 10.9. The summed E-state index contributed by atoms with van der Waals surface area (Å²) in [5, 5.41) is 11.2. The van der Waals surface area contributed by atoms with Crippen LogP contribution in [-0.2, 0) is 16.1 Å². The Morgan fingerprint density at radius 3 is 2.71 bits per heavy atom. The third kappa shape index (κ3) is 4.26. The Morgan fingerprint density at radius 1 is 1.19 bits per heavy atom. The highest BCUT2D eigenvalue weighted by atomic mass is 35.5. The van der Waals surface area contributed by atoms with Crippen LogP contribution in [0.15, 0.2) is 82.9 Å². The van der Waals surface area contributed by atoms with Crippen LogP contribution in [0.4, 0.5) is 0 Å². The number of aromatic nitrogens is 1. The van der Waals surface area contributed by atoms with Crippen LogP contribution >= 0.6 is 23.2 Å². The van der Waals surface area contributed by atoms with Crippen molar-refractivity contribution in [3.05, 3.63) is 105 Å². The fourth-order valence-corrected chi connectivity index (χ4v) is 3.73. The Labute approximate surface area is 188 Å². The predicted molar refractivity (Wildman–Crippen MR) is 116 cm³/mol. The highest BCUT2D eigenvalue weighted by Crippen LogP contribution is 2.40. The van der Waals surface area contributed by atoms with Crippen LogP contribution < -0.4 is 0 Å². The number of hydrogen-bond acceptors (Lipinski definition) is 5. The third-order valence-electron chi connectivity index (χ3n) is 4.85. The average molecular weight is 455 g/mol. The molecule has 6 nitrogen and oxygen atoms in total. The maximum absolute atomic E-state index is 13.0. The van der Waals surface area contributed by atoms with Crippen LogP contribution in [0.5, 0.6) is 0 Å². The molecule has 3 aromatic rings. The van der Waals surface area contributed by atoms with E-state index in [0.29, 0.717) is 16.3 Å². The second kappa shape index (κ2) is 8.79. The molecule has 156 valence electrons. The van der Waals surface area contributed by atoms with E-state index in [2.05, 4.69) is 4.98 Å². The van der Waals surface area contributed by atoms with E-state index in [4.69, 9.17) is 27.6 Å². The molecule has 1 amide bonds. The Morgan fingerprint density at radius 2 is 2.03 bits per heavy atom. The first-order valence-corrected chi connectivity index (χ1v) is 10.0. The molecule has 1 N–H and O–H groups in total. The van der Waals surface area contributed by atoms with E-state index >= 15 is 0 Å². The van der Waals surface area contributed by atoms with Crippen LogP contribution in [0.2, 0.25) is 10.0 Å². The van der Waals surface area contributed by atoms with Crippen LogP contribution in [0, 0.1) is 0 Å². The van der Waals surface area contributed by atoms with Crippen molar-refractivity contribution in [2.45, 2.75) is 12.6 Å². The fourth-order valence-electron chi connectivity index (χ4n) is 3.42. The van der Waals surface area contributed by atoms with E-state index in [1.54, 1.807) is 54.9 Å². The zero-order valence-electron chi connectivity index (χ0n) is 16.0. The van der Waals surface area contributed by atoms with Crippen molar-refractivity contribution in [2.75, 3.05) is 0 Å². The maximum Gasteiger partial charge on any atom is 0.290 e. The molecular formula is C23H16Cl2N2O4. The molecule has 1 unspecified atom stereocenters. The highest BCUT2D eigenvalue weighted by Gasteiger charge is 2.43. The lowest BCUT2D eigenvalue weighted by Crippen LogP contribution is -2.30. The molecular weight excluding hydrogens is 439 g/mol. The van der Waals surface area contributed by atoms with Gasteiger partial charge in [0.15, 0.2) is 11.5 Å². The highest BCUT2D eigenvalue weighted by molar-refractivity contribution is 6.42. The zero-order chi connectivity index (χ0) is 22.0. The van der Waals surface area contributed by atoms with E-state index in [1.807, 2.05) is 0 Å². The standard InChI is InChI=1S/C23H16Cl2N2O4/c24-17-7-5-15(11-18(17)25)21-20(19(28)8-6-16-4-2-10-31-16)22(29)23(30)27(21)13-14-3-1-9-26-12-14/h1-12,21,29H,13H2/b8-6+. The molecule has 8 heteroatoms. The normalized spacial score (nSPS) is 16.5. The molecule has 0 spiro atoms. The number of aliphatic hydroxyl groups is 1. The van der Waals surface area contributed by atoms with Gasteiger partial charge in [-0.2, -0.15) is 0 Å². The number of carbonyl (C=O) groups is 2. The third-order valence-corrected chi connectivity index (χ3v) is 5.59. The molecule has 4 rings (SSSR count). The quantitative estimate of drug-likeness (QED) is 0.520. The zero-order valence-corrected chi connectivity index (χ0v) is 17.5. The summed E-state index contributed by atoms with van der Waals surface area (Å²) in [5.74, 6) is -1.31. The SMILES string of the molecule is O=C(/C=C/c1ccco1)C1=C(O)C(=O)N(Cc2cccnc2)C1c1ccc(Cl)c(Cl)c1. The first-order valence-electron chi connectivity index (χ1n) is 9.29. The minimum Gasteiger partial charge on any atom is -0.503 e. The summed E-state index contributed by atoms with van der Waals surface area (Å²) in [5.41, 5.74) is 1.24. The lowest BCUT2D eigenvalue weighted by atomic mass is 9.95. The topological polar surface area (TPSA) is 83.6 Å². The van der Waals surface area contributed by atoms with Crippen molar-refractivity contribution in [3.63, 3.8) is 0 Å². The van der Waals surface area contributed by atoms with Crippen molar-refractivity contribution < 1.29 is 19.1 Å². The smallest absolute Gasteiger partial charge is 0.290 e. The summed E-state index contributed by atoms with van der Waals surface area (Å²) in [7, 11) is 0. The van der Waals surface area contributed by atoms with Crippen molar-refractivity contribution in [2.24, 2.45) is 0 Å². The molecule has 1 aliphatic rings. The molecule has 2 aromatic heterocycles.